The quantitative estimate of drug-likeness (QED) is 0.375. The number of aromatic amines is 1. The van der Waals surface area contributed by atoms with Gasteiger partial charge < -0.3 is 15.6 Å². The van der Waals surface area contributed by atoms with Crippen molar-refractivity contribution in [2.75, 3.05) is 6.54 Å². The Bertz CT molecular complexity index is 1090. The van der Waals surface area contributed by atoms with Crippen molar-refractivity contribution < 1.29 is 4.79 Å². The Labute approximate surface area is 176 Å². The summed E-state index contributed by atoms with van der Waals surface area (Å²) in [6.07, 6.45) is 2.39. The molecule has 0 saturated heterocycles. The molecular formula is C20H19ClN6OS. The lowest BCUT2D eigenvalue weighted by Crippen LogP contribution is -2.24. The summed E-state index contributed by atoms with van der Waals surface area (Å²) in [5.74, 6) is 0.669. The number of halogens is 1. The van der Waals surface area contributed by atoms with Crippen LogP contribution >= 0.6 is 22.9 Å². The zero-order valence-corrected chi connectivity index (χ0v) is 17.1. The number of pyridine rings is 1. The van der Waals surface area contributed by atoms with E-state index >= 15 is 0 Å². The molecule has 3 aromatic heterocycles. The number of para-hydroxylation sites is 2. The first kappa shape index (κ1) is 19.5. The van der Waals surface area contributed by atoms with Gasteiger partial charge in [-0.05, 0) is 24.3 Å². The van der Waals surface area contributed by atoms with Gasteiger partial charge in [0.25, 0.3) is 5.91 Å². The molecule has 3 N–H and O–H groups in total. The fourth-order valence-electron chi connectivity index (χ4n) is 2.82. The molecule has 0 unspecified atom stereocenters. The molecule has 0 aliphatic carbocycles. The predicted molar refractivity (Wildman–Crippen MR) is 114 cm³/mol. The molecule has 9 heteroatoms. The molecule has 0 atom stereocenters. The van der Waals surface area contributed by atoms with E-state index in [1.54, 1.807) is 23.7 Å². The molecule has 3 heterocycles. The van der Waals surface area contributed by atoms with Crippen molar-refractivity contribution in [3.63, 3.8) is 0 Å². The van der Waals surface area contributed by atoms with Gasteiger partial charge in [-0.15, -0.1) is 11.3 Å². The topological polar surface area (TPSA) is 95.6 Å². The van der Waals surface area contributed by atoms with Gasteiger partial charge in [-0.3, -0.25) is 9.78 Å². The number of benzene rings is 1. The SMILES string of the molecule is O=C(NCc1ncccc1Cl)c1csc(CCNCc2nc3ccccc3[nH]2)n1. The van der Waals surface area contributed by atoms with Crippen LogP contribution in [-0.4, -0.2) is 32.4 Å². The molecule has 7 nitrogen and oxygen atoms in total. The van der Waals surface area contributed by atoms with E-state index in [4.69, 9.17) is 11.6 Å². The van der Waals surface area contributed by atoms with Gasteiger partial charge in [-0.2, -0.15) is 0 Å². The Balaban J connectivity index is 1.23. The number of carbonyl (C=O) groups excluding carboxylic acids is 1. The fourth-order valence-corrected chi connectivity index (χ4v) is 3.79. The molecule has 0 aliphatic heterocycles. The smallest absolute Gasteiger partial charge is 0.271 e. The van der Waals surface area contributed by atoms with Crippen LogP contribution in [0.3, 0.4) is 0 Å². The van der Waals surface area contributed by atoms with E-state index in [0.29, 0.717) is 23.0 Å². The Morgan fingerprint density at radius 1 is 1.14 bits per heavy atom. The normalized spacial score (nSPS) is 11.1. The highest BCUT2D eigenvalue weighted by atomic mass is 35.5. The summed E-state index contributed by atoms with van der Waals surface area (Å²) in [6, 6.07) is 11.5. The highest BCUT2D eigenvalue weighted by molar-refractivity contribution is 7.09. The molecule has 0 aliphatic rings. The molecule has 0 radical (unpaired) electrons. The average molecular weight is 427 g/mol. The van der Waals surface area contributed by atoms with E-state index < -0.39 is 0 Å². The Morgan fingerprint density at radius 2 is 2.03 bits per heavy atom. The minimum Gasteiger partial charge on any atom is -0.345 e. The third-order valence-corrected chi connectivity index (χ3v) is 5.53. The van der Waals surface area contributed by atoms with E-state index in [1.807, 2.05) is 24.3 Å². The van der Waals surface area contributed by atoms with Crippen LogP contribution in [0.15, 0.2) is 48.0 Å². The van der Waals surface area contributed by atoms with Crippen LogP contribution in [0.4, 0.5) is 0 Å². The van der Waals surface area contributed by atoms with Gasteiger partial charge in [0.15, 0.2) is 0 Å². The number of imidazole rings is 1. The number of thiazole rings is 1. The molecule has 4 aromatic rings. The van der Waals surface area contributed by atoms with Gasteiger partial charge >= 0.3 is 0 Å². The maximum absolute atomic E-state index is 12.3. The van der Waals surface area contributed by atoms with Crippen molar-refractivity contribution in [1.29, 1.82) is 0 Å². The van der Waals surface area contributed by atoms with Crippen LogP contribution in [0, 0.1) is 0 Å². The molecular weight excluding hydrogens is 408 g/mol. The van der Waals surface area contributed by atoms with Gasteiger partial charge in [0.05, 0.1) is 39.8 Å². The summed E-state index contributed by atoms with van der Waals surface area (Å²) in [6.45, 7) is 1.66. The van der Waals surface area contributed by atoms with Crippen molar-refractivity contribution in [2.24, 2.45) is 0 Å². The Kier molecular flexibility index (Phi) is 6.14. The lowest BCUT2D eigenvalue weighted by molar-refractivity contribution is 0.0946. The number of amides is 1. The van der Waals surface area contributed by atoms with Crippen molar-refractivity contribution >= 4 is 39.9 Å². The molecule has 1 aromatic carbocycles. The second-order valence-electron chi connectivity index (χ2n) is 6.37. The number of H-pyrrole nitrogens is 1. The van der Waals surface area contributed by atoms with E-state index in [9.17, 15) is 4.79 Å². The van der Waals surface area contributed by atoms with Crippen LogP contribution in [0.25, 0.3) is 11.0 Å². The second-order valence-corrected chi connectivity index (χ2v) is 7.72. The summed E-state index contributed by atoms with van der Waals surface area (Å²) in [7, 11) is 0. The number of hydrogen-bond acceptors (Lipinski definition) is 6. The number of carbonyl (C=O) groups is 1. The van der Waals surface area contributed by atoms with Crippen LogP contribution in [-0.2, 0) is 19.5 Å². The standard InChI is InChI=1S/C20H19ClN6OS/c21-13-4-3-8-23-16(13)10-24-20(28)17-12-29-19(27-17)7-9-22-11-18-25-14-5-1-2-6-15(14)26-18/h1-6,8,12,22H,7,9-11H2,(H,24,28)(H,25,26). The lowest BCUT2D eigenvalue weighted by atomic mass is 10.3. The fraction of sp³-hybridized carbons (Fsp3) is 0.200. The Hall–Kier alpha value is -2.81. The van der Waals surface area contributed by atoms with Gasteiger partial charge in [-0.1, -0.05) is 23.7 Å². The number of aromatic nitrogens is 4. The molecule has 0 bridgehead atoms. The highest BCUT2D eigenvalue weighted by Gasteiger charge is 2.11. The molecule has 4 rings (SSSR count). The van der Waals surface area contributed by atoms with Gasteiger partial charge in [0.2, 0.25) is 0 Å². The summed E-state index contributed by atoms with van der Waals surface area (Å²) in [5.41, 5.74) is 3.04. The molecule has 0 spiro atoms. The van der Waals surface area contributed by atoms with E-state index in [2.05, 4.69) is 30.6 Å². The minimum absolute atomic E-state index is 0.232. The van der Waals surface area contributed by atoms with Crippen LogP contribution in [0.2, 0.25) is 5.02 Å². The molecule has 148 valence electrons. The first-order chi connectivity index (χ1) is 14.2. The first-order valence-electron chi connectivity index (χ1n) is 9.15. The number of fused-ring (bicyclic) bond motifs is 1. The number of nitrogens with zero attached hydrogens (tertiary/aromatic N) is 3. The second kappa shape index (κ2) is 9.13. The molecule has 0 saturated carbocycles. The van der Waals surface area contributed by atoms with Crippen molar-refractivity contribution in [1.82, 2.24) is 30.6 Å². The highest BCUT2D eigenvalue weighted by Crippen LogP contribution is 2.13. The third-order valence-electron chi connectivity index (χ3n) is 4.28. The van der Waals surface area contributed by atoms with Crippen molar-refractivity contribution in [3.05, 3.63) is 75.2 Å². The number of rotatable bonds is 8. The molecule has 0 fully saturated rings. The van der Waals surface area contributed by atoms with Crippen LogP contribution < -0.4 is 10.6 Å². The molecule has 1 amide bonds. The first-order valence-corrected chi connectivity index (χ1v) is 10.4. The maximum Gasteiger partial charge on any atom is 0.271 e. The van der Waals surface area contributed by atoms with Crippen molar-refractivity contribution in [2.45, 2.75) is 19.5 Å². The van der Waals surface area contributed by atoms with Crippen molar-refractivity contribution in [3.8, 4) is 0 Å². The number of nitrogens with one attached hydrogen (secondary N) is 3. The van der Waals surface area contributed by atoms with Gasteiger partial charge in [0, 0.05) is 24.5 Å². The monoisotopic (exact) mass is 426 g/mol. The summed E-state index contributed by atoms with van der Waals surface area (Å²) in [4.78, 5) is 28.7. The van der Waals surface area contributed by atoms with Crippen LogP contribution in [0.5, 0.6) is 0 Å². The molecule has 29 heavy (non-hydrogen) atoms. The van der Waals surface area contributed by atoms with E-state index in [1.165, 1.54) is 11.3 Å². The largest absolute Gasteiger partial charge is 0.345 e. The zero-order chi connectivity index (χ0) is 20.1. The minimum atomic E-state index is -0.232. The summed E-state index contributed by atoms with van der Waals surface area (Å²) in [5, 5.41) is 9.36. The van der Waals surface area contributed by atoms with E-state index in [-0.39, 0.29) is 12.5 Å². The average Bonchev–Trinajstić information content (AvgIpc) is 3.37. The predicted octanol–water partition coefficient (Wildman–Crippen LogP) is 3.33. The van der Waals surface area contributed by atoms with E-state index in [0.717, 1.165) is 34.8 Å². The number of hydrogen-bond donors (Lipinski definition) is 3. The maximum atomic E-state index is 12.3. The lowest BCUT2D eigenvalue weighted by Gasteiger charge is -2.04. The van der Waals surface area contributed by atoms with Gasteiger partial charge in [-0.25, -0.2) is 9.97 Å². The van der Waals surface area contributed by atoms with Gasteiger partial charge in [0.1, 0.15) is 11.5 Å². The zero-order valence-electron chi connectivity index (χ0n) is 15.5. The third kappa shape index (κ3) is 4.97. The Morgan fingerprint density at radius 3 is 2.90 bits per heavy atom. The van der Waals surface area contributed by atoms with Crippen LogP contribution in [0.1, 0.15) is 27.0 Å². The summed E-state index contributed by atoms with van der Waals surface area (Å²) < 4.78 is 0. The summed E-state index contributed by atoms with van der Waals surface area (Å²) >= 11 is 7.53.